The van der Waals surface area contributed by atoms with Crippen molar-refractivity contribution < 1.29 is 14.3 Å². The lowest BCUT2D eigenvalue weighted by Gasteiger charge is -2.06. The molecule has 1 aromatic rings. The fourth-order valence-corrected chi connectivity index (χ4v) is 1.94. The molecule has 0 saturated heterocycles. The van der Waals surface area contributed by atoms with Gasteiger partial charge in [0.15, 0.2) is 0 Å². The number of nitrogens with one attached hydrogen (secondary N) is 1. The summed E-state index contributed by atoms with van der Waals surface area (Å²) in [5.74, 6) is 0.663. The summed E-state index contributed by atoms with van der Waals surface area (Å²) in [6.45, 7) is 6.27. The first-order chi connectivity index (χ1) is 10.7. The molecule has 0 aromatic heterocycles. The quantitative estimate of drug-likeness (QED) is 0.533. The average Bonchev–Trinajstić information content (AvgIpc) is 2.52. The van der Waals surface area contributed by atoms with E-state index in [0.29, 0.717) is 13.2 Å². The maximum atomic E-state index is 11.8. The highest BCUT2D eigenvalue weighted by Crippen LogP contribution is 2.20. The van der Waals surface area contributed by atoms with Crippen LogP contribution in [0.1, 0.15) is 37.3 Å². The largest absolute Gasteiger partial charge is 0.496 e. The lowest BCUT2D eigenvalue weighted by Crippen LogP contribution is -2.23. The van der Waals surface area contributed by atoms with Gasteiger partial charge >= 0.3 is 0 Å². The predicted octanol–water partition coefficient (Wildman–Crippen LogP) is 3.34. The van der Waals surface area contributed by atoms with Crippen LogP contribution in [0.5, 0.6) is 5.75 Å². The van der Waals surface area contributed by atoms with Crippen LogP contribution in [0.25, 0.3) is 6.08 Å². The average molecular weight is 305 g/mol. The van der Waals surface area contributed by atoms with Crippen molar-refractivity contribution in [3.63, 3.8) is 0 Å². The Labute approximate surface area is 133 Å². The summed E-state index contributed by atoms with van der Waals surface area (Å²) in [5.41, 5.74) is 2.03. The van der Waals surface area contributed by atoms with E-state index in [1.54, 1.807) is 13.2 Å². The van der Waals surface area contributed by atoms with Crippen molar-refractivity contribution in [2.45, 2.75) is 33.1 Å². The number of amides is 1. The summed E-state index contributed by atoms with van der Waals surface area (Å²) >= 11 is 0. The number of hydrogen-bond donors (Lipinski definition) is 1. The molecule has 4 heteroatoms. The van der Waals surface area contributed by atoms with Crippen molar-refractivity contribution in [3.8, 4) is 5.75 Å². The van der Waals surface area contributed by atoms with Crippen molar-refractivity contribution >= 4 is 12.0 Å². The van der Waals surface area contributed by atoms with Crippen LogP contribution in [-0.4, -0.2) is 32.8 Å². The third-order valence-electron chi connectivity index (χ3n) is 3.21. The predicted molar refractivity (Wildman–Crippen MR) is 90.1 cm³/mol. The molecular formula is C18H27NO3. The van der Waals surface area contributed by atoms with Crippen LogP contribution >= 0.6 is 0 Å². The molecule has 1 amide bonds. The van der Waals surface area contributed by atoms with Crippen LogP contribution < -0.4 is 10.1 Å². The molecule has 22 heavy (non-hydrogen) atoms. The molecule has 0 heterocycles. The van der Waals surface area contributed by atoms with Gasteiger partial charge in [0.05, 0.1) is 7.11 Å². The highest BCUT2D eigenvalue weighted by atomic mass is 16.5. The number of carbonyl (C=O) groups excluding carboxylic acids is 1. The SMILES string of the molecule is CCCCOCCCNC(=O)/C=C/c1cc(C)ccc1OC. The van der Waals surface area contributed by atoms with Crippen LogP contribution in [0, 0.1) is 6.92 Å². The molecule has 0 aliphatic rings. The summed E-state index contributed by atoms with van der Waals surface area (Å²) in [5, 5.41) is 2.85. The third-order valence-corrected chi connectivity index (χ3v) is 3.21. The van der Waals surface area contributed by atoms with Gasteiger partial charge in [-0.05, 0) is 38.0 Å². The zero-order valence-electron chi connectivity index (χ0n) is 13.9. The second-order valence-corrected chi connectivity index (χ2v) is 5.19. The van der Waals surface area contributed by atoms with Crippen LogP contribution in [0.15, 0.2) is 24.3 Å². The first-order valence-electron chi connectivity index (χ1n) is 7.85. The molecule has 0 aliphatic heterocycles. The number of hydrogen-bond acceptors (Lipinski definition) is 3. The minimum atomic E-state index is -0.0999. The molecule has 122 valence electrons. The Balaban J connectivity index is 2.31. The molecule has 1 rings (SSSR count). The Morgan fingerprint density at radius 1 is 1.27 bits per heavy atom. The van der Waals surface area contributed by atoms with Gasteiger partial charge < -0.3 is 14.8 Å². The Kier molecular flexibility index (Phi) is 9.00. The van der Waals surface area contributed by atoms with Crippen LogP contribution in [0.3, 0.4) is 0 Å². The van der Waals surface area contributed by atoms with E-state index in [4.69, 9.17) is 9.47 Å². The number of ether oxygens (including phenoxy) is 2. The van der Waals surface area contributed by atoms with E-state index in [1.165, 1.54) is 6.08 Å². The fraction of sp³-hybridized carbons (Fsp3) is 0.500. The molecule has 1 aromatic carbocycles. The Bertz CT molecular complexity index is 483. The molecule has 0 bridgehead atoms. The number of methoxy groups -OCH3 is 1. The molecule has 0 unspecified atom stereocenters. The fourth-order valence-electron chi connectivity index (χ4n) is 1.94. The van der Waals surface area contributed by atoms with Crippen molar-refractivity contribution in [3.05, 3.63) is 35.4 Å². The highest BCUT2D eigenvalue weighted by molar-refractivity contribution is 5.92. The molecule has 0 aliphatic carbocycles. The Hall–Kier alpha value is -1.81. The zero-order chi connectivity index (χ0) is 16.2. The van der Waals surface area contributed by atoms with Gasteiger partial charge in [-0.15, -0.1) is 0 Å². The van der Waals surface area contributed by atoms with Crippen LogP contribution in [0.4, 0.5) is 0 Å². The molecule has 4 nitrogen and oxygen atoms in total. The van der Waals surface area contributed by atoms with Gasteiger partial charge in [0.25, 0.3) is 0 Å². The zero-order valence-corrected chi connectivity index (χ0v) is 13.9. The summed E-state index contributed by atoms with van der Waals surface area (Å²) in [6, 6.07) is 5.87. The van der Waals surface area contributed by atoms with E-state index in [0.717, 1.165) is 42.7 Å². The van der Waals surface area contributed by atoms with E-state index in [1.807, 2.05) is 25.1 Å². The van der Waals surface area contributed by atoms with Crippen molar-refractivity contribution in [1.29, 1.82) is 0 Å². The number of rotatable bonds is 10. The molecule has 0 radical (unpaired) electrons. The van der Waals surface area contributed by atoms with Crippen molar-refractivity contribution in [2.75, 3.05) is 26.9 Å². The number of aryl methyl sites for hydroxylation is 1. The van der Waals surface area contributed by atoms with Gasteiger partial charge in [-0.25, -0.2) is 0 Å². The third kappa shape index (κ3) is 7.27. The Morgan fingerprint density at radius 3 is 2.77 bits per heavy atom. The monoisotopic (exact) mass is 305 g/mol. The van der Waals surface area contributed by atoms with E-state index in [-0.39, 0.29) is 5.91 Å². The summed E-state index contributed by atoms with van der Waals surface area (Å²) in [4.78, 5) is 11.8. The standard InChI is InChI=1S/C18H27NO3/c1-4-5-12-22-13-6-11-19-18(20)10-8-16-14-15(2)7-9-17(16)21-3/h7-10,14H,4-6,11-13H2,1-3H3,(H,19,20)/b10-8+. The second kappa shape index (κ2) is 10.9. The first-order valence-corrected chi connectivity index (χ1v) is 7.85. The van der Waals surface area contributed by atoms with E-state index in [2.05, 4.69) is 12.2 Å². The topological polar surface area (TPSA) is 47.6 Å². The highest BCUT2D eigenvalue weighted by Gasteiger charge is 2.01. The molecular weight excluding hydrogens is 278 g/mol. The van der Waals surface area contributed by atoms with Crippen molar-refractivity contribution in [1.82, 2.24) is 5.32 Å². The second-order valence-electron chi connectivity index (χ2n) is 5.19. The molecule has 0 atom stereocenters. The van der Waals surface area contributed by atoms with E-state index >= 15 is 0 Å². The molecule has 0 fully saturated rings. The van der Waals surface area contributed by atoms with E-state index < -0.39 is 0 Å². The summed E-state index contributed by atoms with van der Waals surface area (Å²) in [6.07, 6.45) is 6.38. The molecule has 0 spiro atoms. The minimum Gasteiger partial charge on any atom is -0.496 e. The van der Waals surface area contributed by atoms with Gasteiger partial charge in [0, 0.05) is 31.4 Å². The van der Waals surface area contributed by atoms with Gasteiger partial charge in [-0.1, -0.05) is 25.0 Å². The van der Waals surface area contributed by atoms with Crippen LogP contribution in [0.2, 0.25) is 0 Å². The lowest BCUT2D eigenvalue weighted by atomic mass is 10.1. The number of benzene rings is 1. The number of carbonyl (C=O) groups is 1. The minimum absolute atomic E-state index is 0.0999. The summed E-state index contributed by atoms with van der Waals surface area (Å²) < 4.78 is 10.7. The molecule has 1 N–H and O–H groups in total. The van der Waals surface area contributed by atoms with Gasteiger partial charge in [0.1, 0.15) is 5.75 Å². The maximum Gasteiger partial charge on any atom is 0.244 e. The van der Waals surface area contributed by atoms with E-state index in [9.17, 15) is 4.79 Å². The Morgan fingerprint density at radius 2 is 2.05 bits per heavy atom. The maximum absolute atomic E-state index is 11.8. The first kappa shape index (κ1) is 18.2. The number of unbranched alkanes of at least 4 members (excludes halogenated alkanes) is 1. The van der Waals surface area contributed by atoms with Crippen LogP contribution in [-0.2, 0) is 9.53 Å². The molecule has 0 saturated carbocycles. The van der Waals surface area contributed by atoms with Gasteiger partial charge in [0.2, 0.25) is 5.91 Å². The van der Waals surface area contributed by atoms with Gasteiger partial charge in [-0.2, -0.15) is 0 Å². The smallest absolute Gasteiger partial charge is 0.244 e. The van der Waals surface area contributed by atoms with Gasteiger partial charge in [-0.3, -0.25) is 4.79 Å². The summed E-state index contributed by atoms with van der Waals surface area (Å²) in [7, 11) is 1.63. The normalized spacial score (nSPS) is 10.9. The lowest BCUT2D eigenvalue weighted by molar-refractivity contribution is -0.116. The van der Waals surface area contributed by atoms with Crippen molar-refractivity contribution in [2.24, 2.45) is 0 Å².